The van der Waals surface area contributed by atoms with Crippen LogP contribution in [0.25, 0.3) is 0 Å². The number of ether oxygens (including phenoxy) is 4. The smallest absolute Gasteiger partial charge is 0.329 e. The quantitative estimate of drug-likeness (QED) is 0.234. The van der Waals surface area contributed by atoms with Gasteiger partial charge in [0.2, 0.25) is 0 Å². The van der Waals surface area contributed by atoms with E-state index in [1.807, 2.05) is 0 Å². The van der Waals surface area contributed by atoms with Crippen LogP contribution < -0.4 is 20.1 Å². The molecule has 1 aromatic heterocycles. The van der Waals surface area contributed by atoms with Crippen molar-refractivity contribution in [3.05, 3.63) is 11.4 Å². The number of fused-ring (bicyclic) bond motifs is 1. The van der Waals surface area contributed by atoms with Gasteiger partial charge < -0.3 is 34.6 Å². The minimum absolute atomic E-state index is 0.00133. The van der Waals surface area contributed by atoms with Gasteiger partial charge in [0.15, 0.2) is 22.9 Å². The Morgan fingerprint density at radius 2 is 1.28 bits per heavy atom. The summed E-state index contributed by atoms with van der Waals surface area (Å²) >= 11 is 8.15. The average Bonchev–Trinajstić information content (AvgIpc) is 2.97. The first kappa shape index (κ1) is 25.7. The Kier molecular flexibility index (Phi) is 10.0. The molecular weight excluding hydrogens is 462 g/mol. The average molecular weight is 490 g/mol. The van der Waals surface area contributed by atoms with Crippen molar-refractivity contribution in [1.82, 2.24) is 15.6 Å². The molecule has 1 aromatic rings. The first-order chi connectivity index (χ1) is 15.4. The topological polar surface area (TPSA) is 145 Å². The third-order valence-corrected chi connectivity index (χ3v) is 4.99. The number of hydrogen-bond donors (Lipinski definition) is 5. The number of aromatic nitrogens is 1. The van der Waals surface area contributed by atoms with Gasteiger partial charge in [0, 0.05) is 17.9 Å². The van der Waals surface area contributed by atoms with E-state index in [2.05, 4.69) is 40.9 Å². The lowest BCUT2D eigenvalue weighted by Crippen LogP contribution is -2.44. The fourth-order valence-electron chi connectivity index (χ4n) is 2.77. The monoisotopic (exact) mass is 489 g/mol. The summed E-state index contributed by atoms with van der Waals surface area (Å²) in [5, 5.41) is 5.01. The maximum atomic E-state index is 12.9. The van der Waals surface area contributed by atoms with Crippen molar-refractivity contribution in [1.29, 1.82) is 0 Å². The summed E-state index contributed by atoms with van der Waals surface area (Å²) in [5.74, 6) is -2.65. The zero-order valence-electron chi connectivity index (χ0n) is 17.8. The molecule has 0 fully saturated rings. The Balaban J connectivity index is 2.32. The van der Waals surface area contributed by atoms with Crippen molar-refractivity contribution >= 4 is 49.0 Å². The highest BCUT2D eigenvalue weighted by molar-refractivity contribution is 7.80. The largest absolute Gasteiger partial charge is 0.487 e. The van der Waals surface area contributed by atoms with E-state index < -0.39 is 35.8 Å². The summed E-state index contributed by atoms with van der Waals surface area (Å²) < 4.78 is 21.1. The number of carbonyl (C=O) groups is 4. The number of nitrogens with one attached hydrogen (secondary N) is 3. The molecule has 11 nitrogen and oxygen atoms in total. The van der Waals surface area contributed by atoms with Gasteiger partial charge in [-0.25, -0.2) is 9.59 Å². The lowest BCUT2D eigenvalue weighted by atomic mass is 10.2. The van der Waals surface area contributed by atoms with Crippen LogP contribution in [0.5, 0.6) is 11.5 Å². The predicted molar refractivity (Wildman–Crippen MR) is 120 cm³/mol. The molecule has 178 valence electrons. The van der Waals surface area contributed by atoms with Gasteiger partial charge in [0.1, 0.15) is 12.1 Å². The molecule has 2 atom stereocenters. The SMILES string of the molecule is CCOC(=O)C(CS)NC(=O)c1[nH]c(C(=O)NC(CS)C(=O)OCC)c2c1OCCCO2. The maximum absolute atomic E-state index is 12.9. The summed E-state index contributed by atoms with van der Waals surface area (Å²) in [6.07, 6.45) is 0.529. The second kappa shape index (κ2) is 12.5. The van der Waals surface area contributed by atoms with E-state index in [4.69, 9.17) is 18.9 Å². The fraction of sp³-hybridized carbons (Fsp3) is 0.579. The molecule has 3 N–H and O–H groups in total. The zero-order valence-corrected chi connectivity index (χ0v) is 19.6. The molecule has 0 saturated carbocycles. The van der Waals surface area contributed by atoms with Gasteiger partial charge in [0.05, 0.1) is 26.4 Å². The van der Waals surface area contributed by atoms with Gasteiger partial charge in [0.25, 0.3) is 11.8 Å². The Bertz CT molecular complexity index is 780. The van der Waals surface area contributed by atoms with E-state index in [1.54, 1.807) is 13.8 Å². The minimum Gasteiger partial charge on any atom is -0.487 e. The molecule has 2 rings (SSSR count). The molecule has 0 saturated heterocycles. The van der Waals surface area contributed by atoms with Crippen LogP contribution in [-0.4, -0.2) is 78.8 Å². The Labute approximate surface area is 196 Å². The standard InChI is InChI=1S/C19H27N3O8S2/c1-3-27-18(25)10(8-31)20-16(23)12-14-15(30-7-5-6-29-14)13(22-12)17(24)21-11(9-32)19(26)28-4-2/h10-11,22,31-32H,3-9H2,1-2H3,(H,20,23)(H,21,24). The summed E-state index contributed by atoms with van der Waals surface area (Å²) in [7, 11) is 0. The van der Waals surface area contributed by atoms with Gasteiger partial charge >= 0.3 is 11.9 Å². The molecule has 13 heteroatoms. The van der Waals surface area contributed by atoms with Crippen molar-refractivity contribution in [2.24, 2.45) is 0 Å². The number of rotatable bonds is 10. The third kappa shape index (κ3) is 6.25. The van der Waals surface area contributed by atoms with Gasteiger partial charge in [-0.15, -0.1) is 0 Å². The maximum Gasteiger partial charge on any atom is 0.329 e. The number of aromatic amines is 1. The highest BCUT2D eigenvalue weighted by Crippen LogP contribution is 2.37. The van der Waals surface area contributed by atoms with Crippen LogP contribution in [0.1, 0.15) is 41.2 Å². The lowest BCUT2D eigenvalue weighted by molar-refractivity contribution is -0.145. The van der Waals surface area contributed by atoms with E-state index in [0.29, 0.717) is 6.42 Å². The first-order valence-electron chi connectivity index (χ1n) is 10.1. The fourth-order valence-corrected chi connectivity index (χ4v) is 3.25. The molecule has 0 bridgehead atoms. The van der Waals surface area contributed by atoms with Gasteiger partial charge in [-0.2, -0.15) is 25.3 Å². The van der Waals surface area contributed by atoms with E-state index in [0.717, 1.165) is 0 Å². The normalized spacial score (nSPS) is 14.5. The molecule has 2 amide bonds. The van der Waals surface area contributed by atoms with Gasteiger partial charge in [-0.3, -0.25) is 9.59 Å². The molecule has 2 heterocycles. The van der Waals surface area contributed by atoms with Crippen molar-refractivity contribution in [3.63, 3.8) is 0 Å². The van der Waals surface area contributed by atoms with Crippen LogP contribution in [0.3, 0.4) is 0 Å². The van der Waals surface area contributed by atoms with Crippen molar-refractivity contribution < 1.29 is 38.1 Å². The molecule has 0 radical (unpaired) electrons. The Hall–Kier alpha value is -2.54. The van der Waals surface area contributed by atoms with Crippen LogP contribution in [-0.2, 0) is 19.1 Å². The van der Waals surface area contributed by atoms with Crippen LogP contribution in [0.4, 0.5) is 0 Å². The summed E-state index contributed by atoms with van der Waals surface area (Å²) in [6, 6.07) is -2.02. The number of esters is 2. The molecule has 0 spiro atoms. The van der Waals surface area contributed by atoms with Gasteiger partial charge in [-0.05, 0) is 13.8 Å². The number of H-pyrrole nitrogens is 1. The second-order valence-electron chi connectivity index (χ2n) is 6.51. The van der Waals surface area contributed by atoms with Crippen LogP contribution in [0, 0.1) is 0 Å². The second-order valence-corrected chi connectivity index (χ2v) is 7.24. The van der Waals surface area contributed by atoms with Crippen LogP contribution in [0.15, 0.2) is 0 Å². The van der Waals surface area contributed by atoms with Crippen molar-refractivity contribution in [2.75, 3.05) is 37.9 Å². The highest BCUT2D eigenvalue weighted by Gasteiger charge is 2.33. The molecule has 0 aromatic carbocycles. The van der Waals surface area contributed by atoms with E-state index in [-0.39, 0.29) is 60.8 Å². The van der Waals surface area contributed by atoms with E-state index in [9.17, 15) is 19.2 Å². The highest BCUT2D eigenvalue weighted by atomic mass is 32.1. The van der Waals surface area contributed by atoms with E-state index >= 15 is 0 Å². The van der Waals surface area contributed by atoms with Crippen LogP contribution in [0.2, 0.25) is 0 Å². The summed E-state index contributed by atoms with van der Waals surface area (Å²) in [4.78, 5) is 52.5. The molecule has 0 aliphatic carbocycles. The minimum atomic E-state index is -1.01. The number of carbonyl (C=O) groups excluding carboxylic acids is 4. The Morgan fingerprint density at radius 3 is 1.62 bits per heavy atom. The van der Waals surface area contributed by atoms with Crippen molar-refractivity contribution in [3.8, 4) is 11.5 Å². The zero-order chi connectivity index (χ0) is 23.7. The van der Waals surface area contributed by atoms with Crippen molar-refractivity contribution in [2.45, 2.75) is 32.4 Å². The molecular formula is C19H27N3O8S2. The number of amides is 2. The number of thiol groups is 2. The first-order valence-corrected chi connectivity index (χ1v) is 11.3. The molecule has 2 unspecified atom stereocenters. The molecule has 1 aliphatic heterocycles. The van der Waals surface area contributed by atoms with E-state index in [1.165, 1.54) is 0 Å². The lowest BCUT2D eigenvalue weighted by Gasteiger charge is -2.15. The predicted octanol–water partition coefficient (Wildman–Crippen LogP) is 0.359. The summed E-state index contributed by atoms with van der Waals surface area (Å²) in [6.45, 7) is 4.08. The summed E-state index contributed by atoms with van der Waals surface area (Å²) in [5.41, 5.74) is -0.219. The molecule has 1 aliphatic rings. The van der Waals surface area contributed by atoms with Crippen LogP contribution >= 0.6 is 25.3 Å². The van der Waals surface area contributed by atoms with Gasteiger partial charge in [-0.1, -0.05) is 0 Å². The number of hydrogen-bond acceptors (Lipinski definition) is 10. The third-order valence-electron chi connectivity index (χ3n) is 4.26. The Morgan fingerprint density at radius 1 is 0.875 bits per heavy atom. The molecule has 32 heavy (non-hydrogen) atoms.